The number of hydrogen-bond acceptors (Lipinski definition) is 2. The molecule has 0 radical (unpaired) electrons. The molecule has 14 rings (SSSR count). The van der Waals surface area contributed by atoms with Crippen molar-refractivity contribution in [2.45, 2.75) is 0 Å². The van der Waals surface area contributed by atoms with Crippen LogP contribution in [0.25, 0.3) is 126 Å². The first kappa shape index (κ1) is 34.2. The van der Waals surface area contributed by atoms with Crippen molar-refractivity contribution in [1.29, 1.82) is 0 Å². The number of para-hydroxylation sites is 5. The highest BCUT2D eigenvalue weighted by Gasteiger charge is 2.21. The van der Waals surface area contributed by atoms with E-state index in [0.29, 0.717) is 5.95 Å². The molecule has 0 N–H and O–H groups in total. The van der Waals surface area contributed by atoms with Crippen LogP contribution in [0.3, 0.4) is 0 Å². The Morgan fingerprint density at radius 3 is 1.68 bits per heavy atom. The third-order valence-electron chi connectivity index (χ3n) is 13.2. The summed E-state index contributed by atoms with van der Waals surface area (Å²) in [7, 11) is 0. The zero-order valence-electron chi connectivity index (χ0n) is 33.9. The first-order valence-electron chi connectivity index (χ1n) is 21.5. The average Bonchev–Trinajstić information content (AvgIpc) is 3.98. The average molecular weight is 802 g/mol. The van der Waals surface area contributed by atoms with Crippen molar-refractivity contribution in [1.82, 2.24) is 23.7 Å². The summed E-state index contributed by atoms with van der Waals surface area (Å²) in [4.78, 5) is 10.8. The molecule has 0 fully saturated rings. The van der Waals surface area contributed by atoms with Crippen LogP contribution < -0.4 is 0 Å². The molecule has 63 heavy (non-hydrogen) atoms. The fraction of sp³-hybridized carbons (Fsp3) is 0. The number of rotatable bonds is 4. The Bertz CT molecular complexity index is 4210. The lowest BCUT2D eigenvalue weighted by Crippen LogP contribution is -2.03. The van der Waals surface area contributed by atoms with Crippen molar-refractivity contribution >= 4 is 97.9 Å². The lowest BCUT2D eigenvalue weighted by molar-refractivity contribution is 1.01. The van der Waals surface area contributed by atoms with Crippen LogP contribution in [0.15, 0.2) is 212 Å². The van der Waals surface area contributed by atoms with Crippen LogP contribution in [0.4, 0.5) is 0 Å². The van der Waals surface area contributed by atoms with Crippen molar-refractivity contribution in [3.63, 3.8) is 0 Å². The van der Waals surface area contributed by atoms with Crippen LogP contribution in [0, 0.1) is 0 Å². The number of fused-ring (bicyclic) bond motifs is 13. The molecule has 0 bridgehead atoms. The second kappa shape index (κ2) is 13.0. The van der Waals surface area contributed by atoms with Crippen LogP contribution in [0.5, 0.6) is 0 Å². The predicted molar refractivity (Wildman–Crippen MR) is 263 cm³/mol. The van der Waals surface area contributed by atoms with Gasteiger partial charge in [0.05, 0.1) is 44.3 Å². The van der Waals surface area contributed by atoms with E-state index in [1.165, 1.54) is 54.3 Å². The Labute approximate surface area is 360 Å². The first-order valence-corrected chi connectivity index (χ1v) is 21.5. The maximum Gasteiger partial charge on any atom is 0.235 e. The maximum atomic E-state index is 5.52. The van der Waals surface area contributed by atoms with Crippen molar-refractivity contribution in [2.75, 3.05) is 0 Å². The molecule has 0 saturated carbocycles. The largest absolute Gasteiger partial charge is 0.309 e. The van der Waals surface area contributed by atoms with Gasteiger partial charge < -0.3 is 9.13 Å². The fourth-order valence-corrected chi connectivity index (χ4v) is 10.4. The van der Waals surface area contributed by atoms with Crippen molar-refractivity contribution in [3.8, 4) is 28.6 Å². The van der Waals surface area contributed by atoms with Gasteiger partial charge in [0.2, 0.25) is 5.95 Å². The van der Waals surface area contributed by atoms with E-state index < -0.39 is 0 Å². The summed E-state index contributed by atoms with van der Waals surface area (Å²) in [6.07, 6.45) is 0. The fourth-order valence-electron chi connectivity index (χ4n) is 10.4. The summed E-state index contributed by atoms with van der Waals surface area (Å²) >= 11 is 0. The Morgan fingerprint density at radius 1 is 0.286 bits per heavy atom. The summed E-state index contributed by atoms with van der Waals surface area (Å²) < 4.78 is 7.06. The maximum absolute atomic E-state index is 5.52. The molecule has 0 saturated heterocycles. The van der Waals surface area contributed by atoms with Crippen LogP contribution >= 0.6 is 0 Å². The number of benzene rings is 10. The van der Waals surface area contributed by atoms with E-state index >= 15 is 0 Å². The van der Waals surface area contributed by atoms with Gasteiger partial charge in [0.25, 0.3) is 0 Å². The Kier molecular flexibility index (Phi) is 7.05. The van der Waals surface area contributed by atoms with Gasteiger partial charge in [-0.2, -0.15) is 0 Å². The summed E-state index contributed by atoms with van der Waals surface area (Å²) in [6.45, 7) is 0. The SMILES string of the molecule is c1ccc(-n2c3ccccc3c3cc(-c4nc(-n5c6ccccc6c6cc7cc(-n8c9ccccc9c9ccc%10ccccc%10c98)ccc7cc65)nc5ccccc45)ccc32)cc1. The van der Waals surface area contributed by atoms with E-state index in [4.69, 9.17) is 9.97 Å². The minimum absolute atomic E-state index is 0.648. The van der Waals surface area contributed by atoms with E-state index in [1.807, 2.05) is 0 Å². The second-order valence-electron chi connectivity index (χ2n) is 16.6. The summed E-state index contributed by atoms with van der Waals surface area (Å²) in [6, 6.07) is 76.7. The Morgan fingerprint density at radius 2 is 0.889 bits per heavy atom. The molecule has 5 nitrogen and oxygen atoms in total. The summed E-state index contributed by atoms with van der Waals surface area (Å²) in [5.74, 6) is 0.648. The zero-order chi connectivity index (χ0) is 41.2. The van der Waals surface area contributed by atoms with E-state index in [0.717, 1.165) is 66.2 Å². The molecule has 0 aliphatic rings. The monoisotopic (exact) mass is 801 g/mol. The molecule has 4 heterocycles. The van der Waals surface area contributed by atoms with Gasteiger partial charge in [0.15, 0.2) is 0 Å². The number of nitrogens with zero attached hydrogens (tertiary/aromatic N) is 5. The van der Waals surface area contributed by atoms with Gasteiger partial charge in [0, 0.05) is 60.0 Å². The molecule has 292 valence electrons. The molecular weight excluding hydrogens is 767 g/mol. The normalized spacial score (nSPS) is 12.1. The smallest absolute Gasteiger partial charge is 0.235 e. The minimum atomic E-state index is 0.648. The highest BCUT2D eigenvalue weighted by Crippen LogP contribution is 2.41. The van der Waals surface area contributed by atoms with Crippen LogP contribution in [0.1, 0.15) is 0 Å². The number of aromatic nitrogens is 5. The highest BCUT2D eigenvalue weighted by atomic mass is 15.2. The first-order chi connectivity index (χ1) is 31.2. The summed E-state index contributed by atoms with van der Waals surface area (Å²) in [5.41, 5.74) is 12.1. The van der Waals surface area contributed by atoms with Crippen molar-refractivity contribution < 1.29 is 0 Å². The molecule has 0 spiro atoms. The predicted octanol–water partition coefficient (Wildman–Crippen LogP) is 14.9. The minimum Gasteiger partial charge on any atom is -0.309 e. The highest BCUT2D eigenvalue weighted by molar-refractivity contribution is 6.19. The van der Waals surface area contributed by atoms with E-state index in [1.54, 1.807) is 0 Å². The molecule has 0 aliphatic carbocycles. The van der Waals surface area contributed by atoms with Crippen molar-refractivity contribution in [3.05, 3.63) is 212 Å². The van der Waals surface area contributed by atoms with Gasteiger partial charge >= 0.3 is 0 Å². The molecule has 5 heteroatoms. The molecule has 0 aliphatic heterocycles. The van der Waals surface area contributed by atoms with E-state index in [9.17, 15) is 0 Å². The van der Waals surface area contributed by atoms with Gasteiger partial charge in [-0.05, 0) is 89.0 Å². The van der Waals surface area contributed by atoms with Gasteiger partial charge in [-0.3, -0.25) is 4.57 Å². The van der Waals surface area contributed by atoms with Gasteiger partial charge in [0.1, 0.15) is 0 Å². The third kappa shape index (κ3) is 4.93. The standard InChI is InChI=1S/C58H35N5/c1-2-15-40(16-3-1)61-51-23-11-8-19-44(51)48-33-38(28-31-54(48)61)56-47-21-6-10-22-50(47)59-58(60-56)63-53-25-13-9-20-45(53)49-34-39-32-41(29-26-37(39)35-55(49)63)62-52-24-12-7-18-43(52)46-30-27-36-14-4-5-17-42(36)57(46)62/h1-35H. The van der Waals surface area contributed by atoms with Gasteiger partial charge in [-0.25, -0.2) is 9.97 Å². The Hall–Kier alpha value is -8.54. The van der Waals surface area contributed by atoms with E-state index in [2.05, 4.69) is 226 Å². The molecule has 0 atom stereocenters. The van der Waals surface area contributed by atoms with Crippen LogP contribution in [-0.2, 0) is 0 Å². The topological polar surface area (TPSA) is 40.6 Å². The van der Waals surface area contributed by atoms with E-state index in [-0.39, 0.29) is 0 Å². The van der Waals surface area contributed by atoms with Crippen LogP contribution in [-0.4, -0.2) is 23.7 Å². The van der Waals surface area contributed by atoms with Gasteiger partial charge in [-0.1, -0.05) is 140 Å². The molecule has 14 aromatic rings. The zero-order valence-corrected chi connectivity index (χ0v) is 33.9. The third-order valence-corrected chi connectivity index (χ3v) is 13.2. The van der Waals surface area contributed by atoms with Crippen molar-refractivity contribution in [2.24, 2.45) is 0 Å². The van der Waals surface area contributed by atoms with Gasteiger partial charge in [-0.15, -0.1) is 0 Å². The lowest BCUT2D eigenvalue weighted by atomic mass is 10.0. The molecule has 10 aromatic carbocycles. The molecule has 0 unspecified atom stereocenters. The number of hydrogen-bond donors (Lipinski definition) is 0. The molecular formula is C58H35N5. The van der Waals surface area contributed by atoms with Crippen LogP contribution in [0.2, 0.25) is 0 Å². The second-order valence-corrected chi connectivity index (χ2v) is 16.6. The summed E-state index contributed by atoms with van der Waals surface area (Å²) in [5, 5.41) is 13.1. The lowest BCUT2D eigenvalue weighted by Gasteiger charge is -2.13. The molecule has 0 amide bonds. The molecule has 4 aromatic heterocycles. The Balaban J connectivity index is 0.984. The quantitative estimate of drug-likeness (QED) is 0.178.